The molecule has 5 nitrogen and oxygen atoms in total. The molecule has 0 radical (unpaired) electrons. The quantitative estimate of drug-likeness (QED) is 0.158. The molecule has 1 saturated heterocycles. The van der Waals surface area contributed by atoms with E-state index in [1.54, 1.807) is 4.90 Å². The van der Waals surface area contributed by atoms with Gasteiger partial charge in [-0.1, -0.05) is 86.6 Å². The van der Waals surface area contributed by atoms with Crippen LogP contribution in [0.25, 0.3) is 0 Å². The van der Waals surface area contributed by atoms with E-state index in [-0.39, 0.29) is 43.2 Å². The van der Waals surface area contributed by atoms with Gasteiger partial charge in [0.15, 0.2) is 17.7 Å². The smallest absolute Gasteiger partial charge is 0.268 e. The van der Waals surface area contributed by atoms with Crippen molar-refractivity contribution in [3.05, 3.63) is 94.4 Å². The first-order valence-electron chi connectivity index (χ1n) is 13.7. The van der Waals surface area contributed by atoms with E-state index < -0.39 is 43.0 Å². The highest BCUT2D eigenvalue weighted by Gasteiger charge is 2.50. The minimum atomic E-state index is -3.30. The van der Waals surface area contributed by atoms with Crippen molar-refractivity contribution in [3.8, 4) is 0 Å². The van der Waals surface area contributed by atoms with Gasteiger partial charge in [0.1, 0.15) is 0 Å². The van der Waals surface area contributed by atoms with Crippen LogP contribution in [0.5, 0.6) is 0 Å². The predicted octanol–water partition coefficient (Wildman–Crippen LogP) is 6.73. The summed E-state index contributed by atoms with van der Waals surface area (Å²) in [5.74, 6) is -2.81. The average molecular weight is 589 g/mol. The van der Waals surface area contributed by atoms with Gasteiger partial charge < -0.3 is 14.1 Å². The zero-order valence-electron chi connectivity index (χ0n) is 23.9. The summed E-state index contributed by atoms with van der Waals surface area (Å²) in [6.45, 7) is 10.2. The molecule has 3 unspecified atom stereocenters. The zero-order chi connectivity index (χ0) is 29.9. The number of alkyl halides is 2. The highest BCUT2D eigenvalue weighted by Crippen LogP contribution is 2.40. The van der Waals surface area contributed by atoms with Gasteiger partial charge in [0, 0.05) is 24.2 Å². The molecule has 1 aliphatic heterocycles. The molecule has 3 atom stereocenters. The molecule has 0 saturated carbocycles. The molecule has 1 fully saturated rings. The fourth-order valence-electron chi connectivity index (χ4n) is 5.90. The number of halogens is 4. The molecule has 0 spiro atoms. The predicted molar refractivity (Wildman–Crippen MR) is 156 cm³/mol. The Labute approximate surface area is 239 Å². The van der Waals surface area contributed by atoms with Crippen molar-refractivity contribution in [2.24, 2.45) is 5.18 Å². The van der Waals surface area contributed by atoms with E-state index in [2.05, 4.69) is 25.9 Å². The van der Waals surface area contributed by atoms with E-state index in [1.165, 1.54) is 0 Å². The highest BCUT2D eigenvalue weighted by atomic mass is 28.4. The van der Waals surface area contributed by atoms with Gasteiger partial charge in [-0.2, -0.15) is 0 Å². The van der Waals surface area contributed by atoms with Crippen LogP contribution in [0.1, 0.15) is 51.8 Å². The Morgan fingerprint density at radius 1 is 0.951 bits per heavy atom. The summed E-state index contributed by atoms with van der Waals surface area (Å²) in [6.07, 6.45) is -3.87. The summed E-state index contributed by atoms with van der Waals surface area (Å²) >= 11 is 0. The molecule has 10 heteroatoms. The standard InChI is InChI=1S/C31H36F4N2O3Si/c1-20-17-37(18-21(2)40-20)29-22(16-25(26(32)27(29)33)28(36-38)30(34)35)19-39-41(31(3,4)5,23-12-8-6-9-13-23)24-14-10-7-11-15-24/h6-16,20-21,28,30H,17-19H2,1-5H3. The summed E-state index contributed by atoms with van der Waals surface area (Å²) < 4.78 is 71.5. The van der Waals surface area contributed by atoms with Crippen molar-refractivity contribution in [1.29, 1.82) is 0 Å². The molecular formula is C31H36F4N2O3Si. The molecule has 3 aromatic carbocycles. The summed E-state index contributed by atoms with van der Waals surface area (Å²) in [6, 6.07) is 18.3. The maximum Gasteiger partial charge on any atom is 0.268 e. The van der Waals surface area contributed by atoms with Crippen molar-refractivity contribution in [3.63, 3.8) is 0 Å². The second-order valence-electron chi connectivity index (χ2n) is 11.6. The third-order valence-electron chi connectivity index (χ3n) is 7.56. The van der Waals surface area contributed by atoms with Gasteiger partial charge in [0.2, 0.25) is 0 Å². The zero-order valence-corrected chi connectivity index (χ0v) is 24.9. The topological polar surface area (TPSA) is 51.1 Å². The summed E-state index contributed by atoms with van der Waals surface area (Å²) in [5, 5.41) is 3.95. The largest absolute Gasteiger partial charge is 0.403 e. The van der Waals surface area contributed by atoms with Crippen LogP contribution in [-0.2, 0) is 15.8 Å². The van der Waals surface area contributed by atoms with Gasteiger partial charge in [0.05, 0.1) is 24.5 Å². The second-order valence-corrected chi connectivity index (χ2v) is 15.9. The Balaban J connectivity index is 1.92. The van der Waals surface area contributed by atoms with E-state index in [0.717, 1.165) is 16.4 Å². The number of hydrogen-bond donors (Lipinski definition) is 0. The number of hydrogen-bond acceptors (Lipinski definition) is 5. The van der Waals surface area contributed by atoms with Crippen LogP contribution >= 0.6 is 0 Å². The number of ether oxygens (including phenoxy) is 1. The molecule has 0 N–H and O–H groups in total. The van der Waals surface area contributed by atoms with Crippen molar-refractivity contribution < 1.29 is 26.7 Å². The normalized spacial score (nSPS) is 18.9. The molecule has 0 aliphatic carbocycles. The van der Waals surface area contributed by atoms with Crippen LogP contribution in [0.4, 0.5) is 23.2 Å². The number of morpholine rings is 1. The SMILES string of the molecule is CC1CN(c2c(CO[Si](c3ccccc3)(c3ccccc3)C(C)(C)C)cc(C(N=O)C(F)F)c(F)c2F)CC(C)O1. The Morgan fingerprint density at radius 2 is 1.46 bits per heavy atom. The average Bonchev–Trinajstić information content (AvgIpc) is 2.91. The van der Waals surface area contributed by atoms with Crippen molar-refractivity contribution in [2.75, 3.05) is 18.0 Å². The molecule has 41 heavy (non-hydrogen) atoms. The lowest BCUT2D eigenvalue weighted by molar-refractivity contribution is -0.00553. The van der Waals surface area contributed by atoms with E-state index in [9.17, 15) is 13.7 Å². The maximum atomic E-state index is 15.9. The first kappa shape index (κ1) is 30.9. The molecule has 0 bridgehead atoms. The van der Waals surface area contributed by atoms with Gasteiger partial charge in [-0.15, -0.1) is 4.91 Å². The second kappa shape index (κ2) is 12.4. The monoisotopic (exact) mass is 588 g/mol. The number of nitrogens with zero attached hydrogens (tertiary/aromatic N) is 2. The van der Waals surface area contributed by atoms with Crippen LogP contribution in [-0.4, -0.2) is 40.0 Å². The fourth-order valence-corrected chi connectivity index (χ4v) is 10.4. The van der Waals surface area contributed by atoms with Gasteiger partial charge in [-0.3, -0.25) is 0 Å². The number of rotatable bonds is 9. The van der Waals surface area contributed by atoms with Crippen LogP contribution in [0.15, 0.2) is 71.9 Å². The molecule has 220 valence electrons. The van der Waals surface area contributed by atoms with Crippen molar-refractivity contribution >= 4 is 24.4 Å². The van der Waals surface area contributed by atoms with Crippen LogP contribution < -0.4 is 15.3 Å². The summed E-state index contributed by atoms with van der Waals surface area (Å²) in [4.78, 5) is 13.0. The Kier molecular flexibility index (Phi) is 9.35. The van der Waals surface area contributed by atoms with Crippen LogP contribution in [0.2, 0.25) is 5.04 Å². The lowest BCUT2D eigenvalue weighted by Gasteiger charge is -2.43. The molecule has 0 amide bonds. The molecular weight excluding hydrogens is 552 g/mol. The molecule has 3 aromatic rings. The number of anilines is 1. The van der Waals surface area contributed by atoms with E-state index in [0.29, 0.717) is 0 Å². The third kappa shape index (κ3) is 6.10. The van der Waals surface area contributed by atoms with Crippen molar-refractivity contribution in [1.82, 2.24) is 0 Å². The maximum absolute atomic E-state index is 15.9. The van der Waals surface area contributed by atoms with E-state index >= 15 is 8.78 Å². The third-order valence-corrected chi connectivity index (χ3v) is 12.5. The molecule has 4 rings (SSSR count). The fraction of sp³-hybridized carbons (Fsp3) is 0.419. The van der Waals surface area contributed by atoms with Gasteiger partial charge in [-0.25, -0.2) is 17.6 Å². The van der Waals surface area contributed by atoms with E-state index in [4.69, 9.17) is 9.16 Å². The lowest BCUT2D eigenvalue weighted by atomic mass is 10.0. The minimum Gasteiger partial charge on any atom is -0.403 e. The molecule has 1 heterocycles. The van der Waals surface area contributed by atoms with Gasteiger partial charge in [0.25, 0.3) is 14.7 Å². The molecule has 1 aliphatic rings. The van der Waals surface area contributed by atoms with Crippen LogP contribution in [0, 0.1) is 16.5 Å². The highest BCUT2D eigenvalue weighted by molar-refractivity contribution is 6.99. The first-order valence-corrected chi connectivity index (χ1v) is 15.6. The van der Waals surface area contributed by atoms with E-state index in [1.807, 2.05) is 74.5 Å². The van der Waals surface area contributed by atoms with Gasteiger partial charge in [-0.05, 0) is 35.3 Å². The Morgan fingerprint density at radius 3 is 1.90 bits per heavy atom. The first-order chi connectivity index (χ1) is 19.4. The van der Waals surface area contributed by atoms with Crippen molar-refractivity contribution in [2.45, 2.75) is 70.9 Å². The summed E-state index contributed by atoms with van der Waals surface area (Å²) in [7, 11) is -3.13. The lowest BCUT2D eigenvalue weighted by Crippen LogP contribution is -2.66. The minimum absolute atomic E-state index is 0.0786. The Bertz CT molecular complexity index is 1290. The number of benzene rings is 3. The Hall–Kier alpha value is -3.08. The van der Waals surface area contributed by atoms with Gasteiger partial charge >= 0.3 is 0 Å². The number of nitroso groups, excluding NO2 is 1. The summed E-state index contributed by atoms with van der Waals surface area (Å²) in [5.41, 5.74) is -0.695. The molecule has 0 aromatic heterocycles. The van der Waals surface area contributed by atoms with Crippen LogP contribution in [0.3, 0.4) is 0 Å².